The molecule has 0 aliphatic rings. The van der Waals surface area contributed by atoms with E-state index >= 15 is 0 Å². The van der Waals surface area contributed by atoms with Crippen LogP contribution in [0.15, 0.2) is 40.9 Å². The SMILES string of the molecule is Cc1ccc(NC(=O)C(=O)Nc2c(C)cccc2C(C)C)c(Br)c1. The van der Waals surface area contributed by atoms with E-state index in [-0.39, 0.29) is 5.92 Å². The van der Waals surface area contributed by atoms with Gasteiger partial charge in [-0.15, -0.1) is 0 Å². The number of benzene rings is 2. The van der Waals surface area contributed by atoms with E-state index < -0.39 is 11.8 Å². The molecule has 2 aromatic carbocycles. The normalized spacial score (nSPS) is 10.6. The number of rotatable bonds is 3. The van der Waals surface area contributed by atoms with Crippen molar-refractivity contribution in [2.75, 3.05) is 10.6 Å². The molecule has 0 saturated heterocycles. The van der Waals surface area contributed by atoms with Crippen molar-refractivity contribution in [1.29, 1.82) is 0 Å². The Morgan fingerprint density at radius 3 is 2.29 bits per heavy atom. The second kappa shape index (κ2) is 7.62. The number of carbonyl (C=O) groups excluding carboxylic acids is 2. The molecular weight excluding hydrogens is 368 g/mol. The Kier molecular flexibility index (Phi) is 5.78. The van der Waals surface area contributed by atoms with Gasteiger partial charge in [0.05, 0.1) is 5.69 Å². The highest BCUT2D eigenvalue weighted by atomic mass is 79.9. The van der Waals surface area contributed by atoms with Crippen LogP contribution in [-0.4, -0.2) is 11.8 Å². The molecule has 0 radical (unpaired) electrons. The Balaban J connectivity index is 2.17. The van der Waals surface area contributed by atoms with Crippen LogP contribution in [0.25, 0.3) is 0 Å². The lowest BCUT2D eigenvalue weighted by atomic mass is 9.98. The summed E-state index contributed by atoms with van der Waals surface area (Å²) in [4.78, 5) is 24.5. The van der Waals surface area contributed by atoms with E-state index in [9.17, 15) is 9.59 Å². The molecule has 5 heteroatoms. The van der Waals surface area contributed by atoms with Crippen LogP contribution in [0.2, 0.25) is 0 Å². The lowest BCUT2D eigenvalue weighted by molar-refractivity contribution is -0.133. The average Bonchev–Trinajstić information content (AvgIpc) is 2.51. The van der Waals surface area contributed by atoms with Gasteiger partial charge in [0.1, 0.15) is 0 Å². The Morgan fingerprint density at radius 2 is 1.67 bits per heavy atom. The molecular formula is C19H21BrN2O2. The maximum atomic E-state index is 12.3. The van der Waals surface area contributed by atoms with Crippen molar-refractivity contribution >= 4 is 39.1 Å². The second-order valence-corrected chi connectivity index (χ2v) is 6.94. The molecule has 0 fully saturated rings. The molecule has 0 unspecified atom stereocenters. The fourth-order valence-electron chi connectivity index (χ4n) is 2.41. The molecule has 24 heavy (non-hydrogen) atoms. The minimum Gasteiger partial charge on any atom is -0.317 e. The molecule has 2 rings (SSSR count). The van der Waals surface area contributed by atoms with Crippen molar-refractivity contribution in [3.8, 4) is 0 Å². The number of carbonyl (C=O) groups is 2. The summed E-state index contributed by atoms with van der Waals surface area (Å²) in [5.74, 6) is -1.13. The third kappa shape index (κ3) is 4.23. The number of nitrogens with one attached hydrogen (secondary N) is 2. The van der Waals surface area contributed by atoms with Gasteiger partial charge in [0.2, 0.25) is 0 Å². The van der Waals surface area contributed by atoms with Crippen LogP contribution < -0.4 is 10.6 Å². The van der Waals surface area contributed by atoms with Crippen LogP contribution in [-0.2, 0) is 9.59 Å². The number of para-hydroxylation sites is 1. The van der Waals surface area contributed by atoms with Crippen LogP contribution in [0.5, 0.6) is 0 Å². The van der Waals surface area contributed by atoms with Gasteiger partial charge in [0.25, 0.3) is 0 Å². The highest BCUT2D eigenvalue weighted by Crippen LogP contribution is 2.27. The molecule has 0 heterocycles. The Bertz CT molecular complexity index is 785. The Labute approximate surface area is 150 Å². The maximum absolute atomic E-state index is 12.3. The lowest BCUT2D eigenvalue weighted by Crippen LogP contribution is -2.30. The zero-order valence-corrected chi connectivity index (χ0v) is 15.8. The topological polar surface area (TPSA) is 58.2 Å². The van der Waals surface area contributed by atoms with Crippen LogP contribution >= 0.6 is 15.9 Å². The summed E-state index contributed by atoms with van der Waals surface area (Å²) < 4.78 is 0.738. The predicted molar refractivity (Wildman–Crippen MR) is 101 cm³/mol. The van der Waals surface area contributed by atoms with Gasteiger partial charge < -0.3 is 10.6 Å². The molecule has 0 atom stereocenters. The van der Waals surface area contributed by atoms with Gasteiger partial charge in [-0.2, -0.15) is 0 Å². The molecule has 2 aromatic rings. The zero-order valence-electron chi connectivity index (χ0n) is 14.2. The van der Waals surface area contributed by atoms with E-state index in [2.05, 4.69) is 26.6 Å². The summed E-state index contributed by atoms with van der Waals surface area (Å²) in [7, 11) is 0. The van der Waals surface area contributed by atoms with Gasteiger partial charge in [0, 0.05) is 10.2 Å². The fraction of sp³-hybridized carbons (Fsp3) is 0.263. The molecule has 2 N–H and O–H groups in total. The molecule has 0 saturated carbocycles. The summed E-state index contributed by atoms with van der Waals surface area (Å²) in [6.45, 7) is 7.96. The van der Waals surface area contributed by atoms with E-state index in [1.54, 1.807) is 6.07 Å². The van der Waals surface area contributed by atoms with Crippen molar-refractivity contribution < 1.29 is 9.59 Å². The van der Waals surface area contributed by atoms with Gasteiger partial charge in [-0.3, -0.25) is 9.59 Å². The maximum Gasteiger partial charge on any atom is 0.314 e. The molecule has 0 aliphatic carbocycles. The number of aryl methyl sites for hydroxylation is 2. The minimum absolute atomic E-state index is 0.245. The van der Waals surface area contributed by atoms with Crippen LogP contribution in [0.4, 0.5) is 11.4 Å². The third-order valence-electron chi connectivity index (χ3n) is 3.74. The third-order valence-corrected chi connectivity index (χ3v) is 4.40. The number of hydrogen-bond donors (Lipinski definition) is 2. The van der Waals surface area contributed by atoms with Crippen molar-refractivity contribution in [3.63, 3.8) is 0 Å². The molecule has 0 aromatic heterocycles. The smallest absolute Gasteiger partial charge is 0.314 e. The van der Waals surface area contributed by atoms with Crippen molar-refractivity contribution in [1.82, 2.24) is 0 Å². The van der Waals surface area contributed by atoms with Gasteiger partial charge in [-0.05, 0) is 64.5 Å². The number of halogens is 1. The number of hydrogen-bond acceptors (Lipinski definition) is 2. The molecule has 0 spiro atoms. The average molecular weight is 389 g/mol. The number of anilines is 2. The van der Waals surface area contributed by atoms with E-state index in [4.69, 9.17) is 0 Å². The highest BCUT2D eigenvalue weighted by Gasteiger charge is 2.18. The zero-order chi connectivity index (χ0) is 17.9. The first kappa shape index (κ1) is 18.2. The van der Waals surface area contributed by atoms with Gasteiger partial charge in [-0.1, -0.05) is 38.1 Å². The Hall–Kier alpha value is -2.14. The van der Waals surface area contributed by atoms with E-state index in [1.165, 1.54) is 0 Å². The molecule has 4 nitrogen and oxygen atoms in total. The summed E-state index contributed by atoms with van der Waals surface area (Å²) in [6.07, 6.45) is 0. The molecule has 126 valence electrons. The lowest BCUT2D eigenvalue weighted by Gasteiger charge is -2.16. The largest absolute Gasteiger partial charge is 0.317 e. The summed E-state index contributed by atoms with van der Waals surface area (Å²) >= 11 is 3.39. The van der Waals surface area contributed by atoms with Gasteiger partial charge in [0.15, 0.2) is 0 Å². The first-order valence-electron chi connectivity index (χ1n) is 7.77. The van der Waals surface area contributed by atoms with Gasteiger partial charge >= 0.3 is 11.8 Å². The fourth-order valence-corrected chi connectivity index (χ4v) is 3.01. The highest BCUT2D eigenvalue weighted by molar-refractivity contribution is 9.10. The quantitative estimate of drug-likeness (QED) is 0.744. The molecule has 2 amide bonds. The van der Waals surface area contributed by atoms with E-state index in [0.29, 0.717) is 11.4 Å². The Morgan fingerprint density at radius 1 is 1.00 bits per heavy atom. The second-order valence-electron chi connectivity index (χ2n) is 6.09. The molecule has 0 bridgehead atoms. The predicted octanol–water partition coefficient (Wildman–Crippen LogP) is 4.77. The first-order valence-corrected chi connectivity index (χ1v) is 8.57. The monoisotopic (exact) mass is 388 g/mol. The molecule has 0 aliphatic heterocycles. The summed E-state index contributed by atoms with van der Waals surface area (Å²) in [6, 6.07) is 11.3. The van der Waals surface area contributed by atoms with Crippen LogP contribution in [0, 0.1) is 13.8 Å². The number of amides is 2. The standard InChI is InChI=1S/C19H21BrN2O2/c1-11(2)14-7-5-6-13(4)17(14)22-19(24)18(23)21-16-9-8-12(3)10-15(16)20/h5-11H,1-4H3,(H,21,23)(H,22,24). The van der Waals surface area contributed by atoms with Crippen molar-refractivity contribution in [2.45, 2.75) is 33.6 Å². The van der Waals surface area contributed by atoms with Crippen molar-refractivity contribution in [2.24, 2.45) is 0 Å². The van der Waals surface area contributed by atoms with E-state index in [1.807, 2.05) is 58.0 Å². The van der Waals surface area contributed by atoms with Crippen LogP contribution in [0.3, 0.4) is 0 Å². The van der Waals surface area contributed by atoms with Crippen LogP contribution in [0.1, 0.15) is 36.5 Å². The minimum atomic E-state index is -0.697. The van der Waals surface area contributed by atoms with Crippen molar-refractivity contribution in [3.05, 3.63) is 57.6 Å². The van der Waals surface area contributed by atoms with Gasteiger partial charge in [-0.25, -0.2) is 0 Å². The van der Waals surface area contributed by atoms with E-state index in [0.717, 1.165) is 21.2 Å². The summed E-state index contributed by atoms with van der Waals surface area (Å²) in [5, 5.41) is 5.37. The summed E-state index contributed by atoms with van der Waals surface area (Å²) in [5.41, 5.74) is 4.27. The first-order chi connectivity index (χ1) is 11.3.